The van der Waals surface area contributed by atoms with Gasteiger partial charge in [0.15, 0.2) is 0 Å². The first-order chi connectivity index (χ1) is 11.7. The molecule has 0 fully saturated rings. The molecule has 0 aromatic heterocycles. The molecular formula is C17H17Cl2NO4S. The van der Waals surface area contributed by atoms with Gasteiger partial charge < -0.3 is 4.74 Å². The van der Waals surface area contributed by atoms with E-state index in [9.17, 15) is 13.2 Å². The summed E-state index contributed by atoms with van der Waals surface area (Å²) in [6.07, 6.45) is 0. The van der Waals surface area contributed by atoms with Crippen molar-refractivity contribution in [3.05, 3.63) is 63.1 Å². The van der Waals surface area contributed by atoms with Gasteiger partial charge in [0, 0.05) is 0 Å². The van der Waals surface area contributed by atoms with Crippen molar-refractivity contribution in [3.8, 4) is 0 Å². The largest absolute Gasteiger partial charge is 0.462 e. The number of esters is 1. The molecule has 8 heteroatoms. The topological polar surface area (TPSA) is 72.5 Å². The van der Waals surface area contributed by atoms with E-state index in [4.69, 9.17) is 27.9 Å². The highest BCUT2D eigenvalue weighted by Gasteiger charge is 2.17. The standard InChI is InChI=1S/C17H17Cl2NO4S/c1-3-24-17(21)13-5-4-6-16(11(13)2)20-25(22,23)10-12-7-8-14(18)15(19)9-12/h4-9,20H,3,10H2,1-2H3. The van der Waals surface area contributed by atoms with E-state index in [1.807, 2.05) is 0 Å². The zero-order valence-electron chi connectivity index (χ0n) is 13.7. The number of hydrogen-bond acceptors (Lipinski definition) is 4. The Morgan fingerprint density at radius 2 is 1.88 bits per heavy atom. The van der Waals surface area contributed by atoms with Crippen LogP contribution in [0.4, 0.5) is 5.69 Å². The Balaban J connectivity index is 2.24. The number of sulfonamides is 1. The Bertz CT molecular complexity index is 898. The van der Waals surface area contributed by atoms with E-state index in [0.29, 0.717) is 27.4 Å². The van der Waals surface area contributed by atoms with Crippen LogP contribution in [0, 0.1) is 6.92 Å². The molecule has 0 saturated carbocycles. The fourth-order valence-electron chi connectivity index (χ4n) is 2.23. The summed E-state index contributed by atoms with van der Waals surface area (Å²) in [6, 6.07) is 9.41. The zero-order valence-corrected chi connectivity index (χ0v) is 16.0. The highest BCUT2D eigenvalue weighted by atomic mass is 35.5. The van der Waals surface area contributed by atoms with Gasteiger partial charge in [-0.15, -0.1) is 0 Å². The quantitative estimate of drug-likeness (QED) is 0.726. The van der Waals surface area contributed by atoms with Gasteiger partial charge in [0.05, 0.1) is 33.7 Å². The van der Waals surface area contributed by atoms with Gasteiger partial charge in [0.2, 0.25) is 10.0 Å². The maximum atomic E-state index is 12.4. The molecule has 2 rings (SSSR count). The number of rotatable bonds is 6. The molecule has 0 heterocycles. The van der Waals surface area contributed by atoms with Crippen LogP contribution in [0.2, 0.25) is 10.0 Å². The maximum Gasteiger partial charge on any atom is 0.338 e. The van der Waals surface area contributed by atoms with Crippen LogP contribution in [-0.2, 0) is 20.5 Å². The molecule has 134 valence electrons. The smallest absolute Gasteiger partial charge is 0.338 e. The average Bonchev–Trinajstić information content (AvgIpc) is 2.52. The second kappa shape index (κ2) is 8.08. The second-order valence-electron chi connectivity index (χ2n) is 5.31. The number of carbonyl (C=O) groups excluding carboxylic acids is 1. The molecule has 0 aliphatic rings. The van der Waals surface area contributed by atoms with Gasteiger partial charge in [-0.1, -0.05) is 35.3 Å². The van der Waals surface area contributed by atoms with E-state index < -0.39 is 16.0 Å². The zero-order chi connectivity index (χ0) is 18.6. The molecule has 2 aromatic carbocycles. The Labute approximate surface area is 157 Å². The second-order valence-corrected chi connectivity index (χ2v) is 7.84. The van der Waals surface area contributed by atoms with E-state index in [2.05, 4.69) is 4.72 Å². The predicted molar refractivity (Wildman–Crippen MR) is 99.8 cm³/mol. The Hall–Kier alpha value is -1.76. The van der Waals surface area contributed by atoms with Gasteiger partial charge >= 0.3 is 5.97 Å². The van der Waals surface area contributed by atoms with Crippen molar-refractivity contribution in [1.82, 2.24) is 0 Å². The molecule has 0 atom stereocenters. The number of anilines is 1. The summed E-state index contributed by atoms with van der Waals surface area (Å²) in [5.74, 6) is -0.766. The van der Waals surface area contributed by atoms with Crippen molar-refractivity contribution in [2.75, 3.05) is 11.3 Å². The number of halogens is 2. The van der Waals surface area contributed by atoms with Gasteiger partial charge in [-0.3, -0.25) is 4.72 Å². The summed E-state index contributed by atoms with van der Waals surface area (Å²) in [4.78, 5) is 11.9. The van der Waals surface area contributed by atoms with Gasteiger partial charge in [0.25, 0.3) is 0 Å². The summed E-state index contributed by atoms with van der Waals surface area (Å²) >= 11 is 11.7. The van der Waals surface area contributed by atoms with E-state index >= 15 is 0 Å². The number of benzene rings is 2. The van der Waals surface area contributed by atoms with Gasteiger partial charge in [-0.05, 0) is 49.2 Å². The van der Waals surface area contributed by atoms with Crippen molar-refractivity contribution in [2.24, 2.45) is 0 Å². The van der Waals surface area contributed by atoms with E-state index in [0.717, 1.165) is 0 Å². The molecule has 0 aliphatic heterocycles. The van der Waals surface area contributed by atoms with Crippen LogP contribution in [0.15, 0.2) is 36.4 Å². The highest BCUT2D eigenvalue weighted by Crippen LogP contribution is 2.25. The van der Waals surface area contributed by atoms with E-state index in [-0.39, 0.29) is 17.4 Å². The monoisotopic (exact) mass is 401 g/mol. The molecule has 0 amide bonds. The molecule has 1 N–H and O–H groups in total. The van der Waals surface area contributed by atoms with Crippen molar-refractivity contribution in [3.63, 3.8) is 0 Å². The molecule has 0 aliphatic carbocycles. The number of hydrogen-bond donors (Lipinski definition) is 1. The number of ether oxygens (including phenoxy) is 1. The first-order valence-corrected chi connectivity index (χ1v) is 9.85. The van der Waals surface area contributed by atoms with Crippen LogP contribution in [-0.4, -0.2) is 21.0 Å². The van der Waals surface area contributed by atoms with Crippen LogP contribution in [0.3, 0.4) is 0 Å². The number of carbonyl (C=O) groups is 1. The lowest BCUT2D eigenvalue weighted by atomic mass is 10.1. The lowest BCUT2D eigenvalue weighted by molar-refractivity contribution is 0.0525. The van der Waals surface area contributed by atoms with Gasteiger partial charge in [-0.2, -0.15) is 0 Å². The normalized spacial score (nSPS) is 11.2. The lowest BCUT2D eigenvalue weighted by Crippen LogP contribution is -2.17. The fraction of sp³-hybridized carbons (Fsp3) is 0.235. The highest BCUT2D eigenvalue weighted by molar-refractivity contribution is 7.91. The van der Waals surface area contributed by atoms with E-state index in [1.54, 1.807) is 44.2 Å². The van der Waals surface area contributed by atoms with Crippen LogP contribution >= 0.6 is 23.2 Å². The molecule has 5 nitrogen and oxygen atoms in total. The third kappa shape index (κ3) is 5.11. The van der Waals surface area contributed by atoms with Crippen LogP contribution in [0.25, 0.3) is 0 Å². The molecule has 25 heavy (non-hydrogen) atoms. The minimum Gasteiger partial charge on any atom is -0.462 e. The first kappa shape index (κ1) is 19.6. The van der Waals surface area contributed by atoms with Crippen LogP contribution < -0.4 is 4.72 Å². The maximum absolute atomic E-state index is 12.4. The molecule has 0 bridgehead atoms. The SMILES string of the molecule is CCOC(=O)c1cccc(NS(=O)(=O)Cc2ccc(Cl)c(Cl)c2)c1C. The summed E-state index contributed by atoms with van der Waals surface area (Å²) in [5, 5.41) is 0.642. The minimum atomic E-state index is -3.70. The average molecular weight is 402 g/mol. The summed E-state index contributed by atoms with van der Waals surface area (Å²) in [5.41, 5.74) is 1.64. The van der Waals surface area contributed by atoms with Crippen LogP contribution in [0.1, 0.15) is 28.4 Å². The molecular weight excluding hydrogens is 385 g/mol. The fourth-order valence-corrected chi connectivity index (χ4v) is 3.80. The molecule has 2 aromatic rings. The molecule has 0 spiro atoms. The minimum absolute atomic E-state index is 0.242. The summed E-state index contributed by atoms with van der Waals surface area (Å²) in [7, 11) is -3.70. The lowest BCUT2D eigenvalue weighted by Gasteiger charge is -2.13. The molecule has 0 unspecified atom stereocenters. The summed E-state index contributed by atoms with van der Waals surface area (Å²) < 4.78 is 32.3. The number of nitrogens with one attached hydrogen (secondary N) is 1. The van der Waals surface area contributed by atoms with Crippen molar-refractivity contribution >= 4 is 44.9 Å². The summed E-state index contributed by atoms with van der Waals surface area (Å²) in [6.45, 7) is 3.60. The predicted octanol–water partition coefficient (Wildman–Crippen LogP) is 4.42. The Morgan fingerprint density at radius 1 is 1.16 bits per heavy atom. The van der Waals surface area contributed by atoms with Crippen molar-refractivity contribution < 1.29 is 17.9 Å². The van der Waals surface area contributed by atoms with Crippen molar-refractivity contribution in [2.45, 2.75) is 19.6 Å². The Morgan fingerprint density at radius 3 is 2.52 bits per heavy atom. The van der Waals surface area contributed by atoms with E-state index in [1.165, 1.54) is 6.07 Å². The molecule has 0 radical (unpaired) electrons. The van der Waals surface area contributed by atoms with Gasteiger partial charge in [-0.25, -0.2) is 13.2 Å². The first-order valence-electron chi connectivity index (χ1n) is 7.44. The third-order valence-corrected chi connectivity index (χ3v) is 5.42. The van der Waals surface area contributed by atoms with Gasteiger partial charge in [0.1, 0.15) is 0 Å². The van der Waals surface area contributed by atoms with Crippen molar-refractivity contribution in [1.29, 1.82) is 0 Å². The Kier molecular flexibility index (Phi) is 6.32. The third-order valence-electron chi connectivity index (χ3n) is 3.44. The molecule has 0 saturated heterocycles. The van der Waals surface area contributed by atoms with Crippen LogP contribution in [0.5, 0.6) is 0 Å².